The second kappa shape index (κ2) is 19.7. The second-order valence-electron chi connectivity index (χ2n) is 15.7. The molecule has 3 aliphatic rings. The third kappa shape index (κ3) is 10.7. The SMILES string of the molecule is O=C(Cc1ccc(F)c(F)c1)c1ccc2c(c1)C(=O)N(Cc1cccc(C(F)(F)F)c1)C2=O.O=C(O)c1ccc2c(c1)C(=O)N(Cc1cccc(C(F)(F)F)c1)C2=O.O=C(O)c1ccc2c(c1)C(=O)OC2=O. The molecule has 0 fully saturated rings. The summed E-state index contributed by atoms with van der Waals surface area (Å²) >= 11 is 0. The van der Waals surface area contributed by atoms with Crippen LogP contribution in [0.5, 0.6) is 0 Å². The predicted octanol–water partition coefficient (Wildman–Crippen LogP) is 9.10. The highest BCUT2D eigenvalue weighted by Crippen LogP contribution is 2.33. The van der Waals surface area contributed by atoms with Crippen molar-refractivity contribution in [2.45, 2.75) is 31.9 Å². The van der Waals surface area contributed by atoms with E-state index in [9.17, 15) is 78.3 Å². The van der Waals surface area contributed by atoms with Crippen molar-refractivity contribution in [2.75, 3.05) is 0 Å². The number of nitrogens with zero attached hydrogens (tertiary/aromatic N) is 2. The Morgan fingerprint density at radius 3 is 1.32 bits per heavy atom. The van der Waals surface area contributed by atoms with Gasteiger partial charge in [-0.25, -0.2) is 28.0 Å². The molecule has 6 aromatic carbocycles. The number of Topliss-reactive ketones (excluding diaryl/α,β-unsaturated/α-hetero) is 1. The van der Waals surface area contributed by atoms with Gasteiger partial charge in [-0.2, -0.15) is 26.3 Å². The fourth-order valence-corrected chi connectivity index (χ4v) is 7.39. The number of ketones is 1. The van der Waals surface area contributed by atoms with Crippen LogP contribution in [0, 0.1) is 11.6 Å². The van der Waals surface area contributed by atoms with Crippen LogP contribution in [-0.4, -0.2) is 73.3 Å². The highest BCUT2D eigenvalue weighted by Gasteiger charge is 2.39. The van der Waals surface area contributed by atoms with Gasteiger partial charge < -0.3 is 14.9 Å². The van der Waals surface area contributed by atoms with Gasteiger partial charge in [0.15, 0.2) is 17.4 Å². The lowest BCUT2D eigenvalue weighted by molar-refractivity contribution is -0.138. The number of aromatic carboxylic acids is 2. The molecule has 0 atom stereocenters. The van der Waals surface area contributed by atoms with Crippen LogP contribution in [0.2, 0.25) is 0 Å². The first-order valence-electron chi connectivity index (χ1n) is 20.5. The topological polar surface area (TPSA) is 210 Å². The summed E-state index contributed by atoms with van der Waals surface area (Å²) in [5.41, 5.74) is -1.36. The number of imide groups is 2. The van der Waals surface area contributed by atoms with Gasteiger partial charge in [-0.1, -0.05) is 36.4 Å². The van der Waals surface area contributed by atoms with E-state index in [0.29, 0.717) is 0 Å². The molecule has 14 nitrogen and oxygen atoms in total. The maximum Gasteiger partial charge on any atom is 0.416 e. The van der Waals surface area contributed by atoms with Crippen LogP contribution in [0.4, 0.5) is 35.1 Å². The van der Waals surface area contributed by atoms with Crippen LogP contribution < -0.4 is 0 Å². The molecule has 3 aliphatic heterocycles. The minimum atomic E-state index is -4.57. The Hall–Kier alpha value is -9.21. The molecule has 4 amide bonds. The van der Waals surface area contributed by atoms with Gasteiger partial charge in [0.1, 0.15) is 0 Å². The number of esters is 2. The van der Waals surface area contributed by atoms with Gasteiger partial charge in [-0.15, -0.1) is 0 Å². The molecule has 6 aromatic rings. The zero-order chi connectivity index (χ0) is 52.6. The average Bonchev–Trinajstić information content (AvgIpc) is 3.85. The van der Waals surface area contributed by atoms with Gasteiger partial charge in [0, 0.05) is 12.0 Å². The number of carboxylic acids is 2. The Balaban J connectivity index is 0.000000171. The number of ether oxygens (including phenoxy) is 1. The number of halogens is 8. The van der Waals surface area contributed by atoms with Crippen molar-refractivity contribution in [3.8, 4) is 0 Å². The smallest absolute Gasteiger partial charge is 0.416 e. The summed E-state index contributed by atoms with van der Waals surface area (Å²) in [7, 11) is 0. The highest BCUT2D eigenvalue weighted by atomic mass is 19.4. The van der Waals surface area contributed by atoms with Gasteiger partial charge >= 0.3 is 36.2 Å². The molecule has 2 N–H and O–H groups in total. The molecule has 3 heterocycles. The van der Waals surface area contributed by atoms with Crippen molar-refractivity contribution in [1.82, 2.24) is 9.80 Å². The van der Waals surface area contributed by atoms with Crippen LogP contribution in [0.1, 0.15) is 121 Å². The van der Waals surface area contributed by atoms with Gasteiger partial charge in [-0.05, 0) is 102 Å². The molecule has 0 bridgehead atoms. The maximum absolute atomic E-state index is 13.4. The highest BCUT2D eigenvalue weighted by molar-refractivity contribution is 6.23. The molecule has 0 unspecified atom stereocenters. The first-order valence-corrected chi connectivity index (χ1v) is 20.5. The minimum absolute atomic E-state index is 0.00917. The second-order valence-corrected chi connectivity index (χ2v) is 15.7. The number of hydrogen-bond acceptors (Lipinski definition) is 10. The predicted molar refractivity (Wildman–Crippen MR) is 229 cm³/mol. The molecule has 0 aromatic heterocycles. The summed E-state index contributed by atoms with van der Waals surface area (Å²) in [6.07, 6.45) is -9.36. The zero-order valence-corrected chi connectivity index (χ0v) is 36.1. The molecule has 0 spiro atoms. The van der Waals surface area contributed by atoms with Crippen molar-refractivity contribution < 1.29 is 93.2 Å². The Labute approximate surface area is 398 Å². The molecule has 22 heteroatoms. The number of carbonyl (C=O) groups is 9. The molecular weight excluding hydrogens is 973 g/mol. The number of hydrogen-bond donors (Lipinski definition) is 2. The Bertz CT molecular complexity index is 3330. The molecule has 9 rings (SSSR count). The number of carbonyl (C=O) groups excluding carboxylic acids is 7. The molecule has 0 radical (unpaired) electrons. The molecule has 72 heavy (non-hydrogen) atoms. The van der Waals surface area contributed by atoms with Crippen molar-refractivity contribution in [3.63, 3.8) is 0 Å². The van der Waals surface area contributed by atoms with E-state index in [0.717, 1.165) is 58.3 Å². The summed E-state index contributed by atoms with van der Waals surface area (Å²) < 4.78 is 108. The number of cyclic esters (lactones) is 2. The monoisotopic (exact) mass is 1000 g/mol. The minimum Gasteiger partial charge on any atom is -0.478 e. The van der Waals surface area contributed by atoms with Gasteiger partial charge in [0.05, 0.1) is 68.7 Å². The van der Waals surface area contributed by atoms with E-state index in [1.165, 1.54) is 72.8 Å². The van der Waals surface area contributed by atoms with Crippen molar-refractivity contribution >= 4 is 53.3 Å². The number of benzene rings is 6. The Morgan fingerprint density at radius 1 is 0.444 bits per heavy atom. The lowest BCUT2D eigenvalue weighted by atomic mass is 9.99. The third-order valence-electron chi connectivity index (χ3n) is 10.9. The first kappa shape index (κ1) is 50.7. The molecular formula is C50H28F8N2O12. The van der Waals surface area contributed by atoms with Crippen molar-refractivity contribution in [3.05, 3.63) is 211 Å². The Kier molecular flexibility index (Phi) is 13.8. The van der Waals surface area contributed by atoms with E-state index >= 15 is 0 Å². The van der Waals surface area contributed by atoms with E-state index in [1.54, 1.807) is 0 Å². The van der Waals surface area contributed by atoms with Crippen LogP contribution >= 0.6 is 0 Å². The largest absolute Gasteiger partial charge is 0.478 e. The zero-order valence-electron chi connectivity index (χ0n) is 36.1. The van der Waals surface area contributed by atoms with E-state index in [4.69, 9.17) is 10.2 Å². The van der Waals surface area contributed by atoms with Crippen LogP contribution in [0.25, 0.3) is 0 Å². The van der Waals surface area contributed by atoms with E-state index < -0.39 is 88.4 Å². The third-order valence-corrected chi connectivity index (χ3v) is 10.9. The molecule has 0 aliphatic carbocycles. The van der Waals surface area contributed by atoms with Crippen molar-refractivity contribution in [1.29, 1.82) is 0 Å². The fraction of sp³-hybridized carbons (Fsp3) is 0.100. The van der Waals surface area contributed by atoms with E-state index in [-0.39, 0.29) is 86.3 Å². The van der Waals surface area contributed by atoms with Gasteiger partial charge in [-0.3, -0.25) is 33.8 Å². The van der Waals surface area contributed by atoms with E-state index in [1.807, 2.05) is 0 Å². The van der Waals surface area contributed by atoms with Crippen molar-refractivity contribution in [2.24, 2.45) is 0 Å². The number of amides is 4. The van der Waals surface area contributed by atoms with Gasteiger partial charge in [0.25, 0.3) is 23.6 Å². The number of carboxylic acid groups (broad SMARTS) is 2. The molecule has 366 valence electrons. The number of rotatable bonds is 9. The number of alkyl halides is 6. The standard InChI is InChI=1S/C24H14F5NO3.C17H10F3NO4.C9H4O5/c25-19-7-4-13(9-20(19)26)10-21(31)15-5-6-17-18(11-15)23(33)30(22(17)32)12-14-2-1-3-16(8-14)24(27,28)29;18-17(19,20)11-3-1-2-9(6-11)8-21-14(22)12-5-4-10(16(24)25)7-13(12)15(21)23;10-7(11)4-1-2-5-6(3-4)9(13)14-8(5)12/h1-9,11H,10,12H2;1-7H,8H2,(H,24,25);1-3H,(H,10,11). The Morgan fingerprint density at radius 2 is 0.861 bits per heavy atom. The summed E-state index contributed by atoms with van der Waals surface area (Å²) in [6.45, 7) is -0.701. The first-order chi connectivity index (χ1) is 33.8. The summed E-state index contributed by atoms with van der Waals surface area (Å²) in [5.74, 6) is -9.40. The maximum atomic E-state index is 13.4. The fourth-order valence-electron chi connectivity index (χ4n) is 7.39. The lowest BCUT2D eigenvalue weighted by Crippen LogP contribution is -2.29. The quantitative estimate of drug-likeness (QED) is 0.0457. The molecule has 0 saturated heterocycles. The van der Waals surface area contributed by atoms with Crippen LogP contribution in [0.15, 0.2) is 121 Å². The lowest BCUT2D eigenvalue weighted by Gasteiger charge is -2.15. The van der Waals surface area contributed by atoms with Crippen LogP contribution in [-0.2, 0) is 36.6 Å². The number of fused-ring (bicyclic) bond motifs is 3. The summed E-state index contributed by atoms with van der Waals surface area (Å²) in [4.78, 5) is 108. The van der Waals surface area contributed by atoms with Gasteiger partial charge in [0.2, 0.25) is 0 Å². The normalized spacial score (nSPS) is 13.7. The van der Waals surface area contributed by atoms with Crippen LogP contribution in [0.3, 0.4) is 0 Å². The van der Waals surface area contributed by atoms with E-state index in [2.05, 4.69) is 4.74 Å². The average molecular weight is 1000 g/mol. The summed E-state index contributed by atoms with van der Waals surface area (Å²) in [6, 6.07) is 22.7. The summed E-state index contributed by atoms with van der Waals surface area (Å²) in [5, 5.41) is 17.6. The molecule has 0 saturated carbocycles.